The topological polar surface area (TPSA) is 66.8 Å². The van der Waals surface area contributed by atoms with E-state index in [1.54, 1.807) is 4.90 Å². The highest BCUT2D eigenvalue weighted by atomic mass is 19.1. The van der Waals surface area contributed by atoms with Gasteiger partial charge in [-0.1, -0.05) is 42.7 Å². The number of ketones is 1. The molecule has 156 valence electrons. The number of carbonyl (C=O) groups excluding carboxylic acids is 2. The molecule has 1 saturated heterocycles. The average Bonchev–Trinajstić information content (AvgIpc) is 3.34. The van der Waals surface area contributed by atoms with Gasteiger partial charge in [-0.3, -0.25) is 9.59 Å². The molecule has 0 bridgehead atoms. The number of aliphatic hydroxyl groups is 1. The van der Waals surface area contributed by atoms with Crippen LogP contribution in [0.25, 0.3) is 5.76 Å². The largest absolute Gasteiger partial charge is 0.507 e. The lowest BCUT2D eigenvalue weighted by Gasteiger charge is -2.31. The first-order valence-corrected chi connectivity index (χ1v) is 10.1. The quantitative estimate of drug-likeness (QED) is 0.458. The van der Waals surface area contributed by atoms with Crippen LogP contribution >= 0.6 is 0 Å². The molecular formula is C24H24FNO4. The number of aryl methyl sites for hydroxylation is 1. The van der Waals surface area contributed by atoms with Gasteiger partial charge in [-0.2, -0.15) is 0 Å². The second-order valence-electron chi connectivity index (χ2n) is 7.90. The van der Waals surface area contributed by atoms with Crippen molar-refractivity contribution in [2.75, 3.05) is 7.11 Å². The first kappa shape index (κ1) is 20.1. The van der Waals surface area contributed by atoms with Gasteiger partial charge in [-0.25, -0.2) is 4.39 Å². The number of amides is 1. The van der Waals surface area contributed by atoms with Crippen molar-refractivity contribution in [3.63, 3.8) is 0 Å². The van der Waals surface area contributed by atoms with Gasteiger partial charge in [0.25, 0.3) is 11.7 Å². The van der Waals surface area contributed by atoms with Crippen LogP contribution in [0.5, 0.6) is 5.75 Å². The lowest BCUT2D eigenvalue weighted by atomic mass is 9.93. The van der Waals surface area contributed by atoms with Gasteiger partial charge >= 0.3 is 0 Å². The van der Waals surface area contributed by atoms with Crippen molar-refractivity contribution in [1.29, 1.82) is 0 Å². The standard InChI is InChI=1S/C24H24FNO4/c1-14-6-5-7-15(12-14)21-20(22(27)18-13-16(25)10-11-19(18)30-2)23(28)24(29)26(21)17-8-3-4-9-17/h5-7,10-13,17,21,27H,3-4,8-9H2,1-2H3/b22-20+. The Hall–Kier alpha value is -3.15. The Morgan fingerprint density at radius 2 is 1.87 bits per heavy atom. The van der Waals surface area contributed by atoms with Crippen LogP contribution in [0.2, 0.25) is 0 Å². The molecule has 4 rings (SSSR count). The number of ether oxygens (including phenoxy) is 1. The molecule has 1 unspecified atom stereocenters. The van der Waals surface area contributed by atoms with E-state index in [1.165, 1.54) is 19.2 Å². The van der Waals surface area contributed by atoms with E-state index in [4.69, 9.17) is 4.74 Å². The lowest BCUT2D eigenvalue weighted by Crippen LogP contribution is -2.37. The molecule has 5 nitrogen and oxygen atoms in total. The summed E-state index contributed by atoms with van der Waals surface area (Å²) in [6.07, 6.45) is 3.62. The van der Waals surface area contributed by atoms with Gasteiger partial charge in [0.15, 0.2) is 0 Å². The molecule has 6 heteroatoms. The number of carbonyl (C=O) groups is 2. The third-order valence-electron chi connectivity index (χ3n) is 5.97. The number of halogens is 1. The summed E-state index contributed by atoms with van der Waals surface area (Å²) in [7, 11) is 1.40. The summed E-state index contributed by atoms with van der Waals surface area (Å²) in [4.78, 5) is 27.8. The molecule has 2 aliphatic rings. The second-order valence-corrected chi connectivity index (χ2v) is 7.90. The lowest BCUT2D eigenvalue weighted by molar-refractivity contribution is -0.141. The van der Waals surface area contributed by atoms with Gasteiger partial charge in [-0.05, 0) is 43.5 Å². The Bertz CT molecular complexity index is 1040. The molecule has 30 heavy (non-hydrogen) atoms. The van der Waals surface area contributed by atoms with Crippen molar-refractivity contribution in [1.82, 2.24) is 4.90 Å². The van der Waals surface area contributed by atoms with Crippen molar-refractivity contribution in [3.8, 4) is 5.75 Å². The van der Waals surface area contributed by atoms with Crippen molar-refractivity contribution in [2.24, 2.45) is 0 Å². The molecule has 0 spiro atoms. The number of nitrogens with zero attached hydrogens (tertiary/aromatic N) is 1. The molecule has 2 aromatic carbocycles. The molecular weight excluding hydrogens is 385 g/mol. The van der Waals surface area contributed by atoms with Gasteiger partial charge in [0.1, 0.15) is 17.3 Å². The number of rotatable bonds is 4. The Morgan fingerprint density at radius 3 is 2.53 bits per heavy atom. The molecule has 1 heterocycles. The number of Topliss-reactive ketones (excluding diaryl/α,β-unsaturated/α-hetero) is 1. The zero-order valence-corrected chi connectivity index (χ0v) is 17.0. The number of methoxy groups -OCH3 is 1. The maximum absolute atomic E-state index is 13.9. The first-order chi connectivity index (χ1) is 14.4. The minimum atomic E-state index is -0.753. The predicted octanol–water partition coefficient (Wildman–Crippen LogP) is 4.51. The van der Waals surface area contributed by atoms with Gasteiger partial charge in [0, 0.05) is 6.04 Å². The van der Waals surface area contributed by atoms with Crippen LogP contribution in [0, 0.1) is 12.7 Å². The van der Waals surface area contributed by atoms with Crippen LogP contribution in [-0.4, -0.2) is 34.8 Å². The second kappa shape index (κ2) is 7.94. The molecule has 1 aliphatic heterocycles. The van der Waals surface area contributed by atoms with E-state index in [-0.39, 0.29) is 22.9 Å². The molecule has 1 atom stereocenters. The molecule has 1 aliphatic carbocycles. The molecule has 0 radical (unpaired) electrons. The zero-order chi connectivity index (χ0) is 21.4. The van der Waals surface area contributed by atoms with Crippen LogP contribution in [0.3, 0.4) is 0 Å². The van der Waals surface area contributed by atoms with Gasteiger partial charge in [-0.15, -0.1) is 0 Å². The predicted molar refractivity (Wildman–Crippen MR) is 111 cm³/mol. The van der Waals surface area contributed by atoms with Crippen molar-refractivity contribution >= 4 is 17.4 Å². The van der Waals surface area contributed by atoms with E-state index < -0.39 is 29.3 Å². The van der Waals surface area contributed by atoms with E-state index in [0.717, 1.165) is 42.9 Å². The van der Waals surface area contributed by atoms with Crippen molar-refractivity contribution in [2.45, 2.75) is 44.7 Å². The van der Waals surface area contributed by atoms with E-state index >= 15 is 0 Å². The van der Waals surface area contributed by atoms with E-state index in [2.05, 4.69) is 0 Å². The van der Waals surface area contributed by atoms with Crippen LogP contribution in [-0.2, 0) is 9.59 Å². The fourth-order valence-electron chi connectivity index (χ4n) is 4.59. The Balaban J connectivity index is 1.94. The summed E-state index contributed by atoms with van der Waals surface area (Å²) in [6.45, 7) is 1.93. The Morgan fingerprint density at radius 1 is 1.13 bits per heavy atom. The van der Waals surface area contributed by atoms with Crippen LogP contribution in [0.15, 0.2) is 48.0 Å². The molecule has 0 aromatic heterocycles. The highest BCUT2D eigenvalue weighted by Gasteiger charge is 2.49. The molecule has 1 saturated carbocycles. The van der Waals surface area contributed by atoms with Crippen LogP contribution in [0.4, 0.5) is 4.39 Å². The van der Waals surface area contributed by atoms with E-state index in [9.17, 15) is 19.1 Å². The monoisotopic (exact) mass is 409 g/mol. The van der Waals surface area contributed by atoms with Gasteiger partial charge in [0.05, 0.1) is 24.3 Å². The van der Waals surface area contributed by atoms with Crippen molar-refractivity contribution < 1.29 is 23.8 Å². The fraction of sp³-hybridized carbons (Fsp3) is 0.333. The summed E-state index contributed by atoms with van der Waals surface area (Å²) in [5.74, 6) is -2.14. The first-order valence-electron chi connectivity index (χ1n) is 10.1. The number of benzene rings is 2. The number of hydrogen-bond donors (Lipinski definition) is 1. The van der Waals surface area contributed by atoms with Crippen molar-refractivity contribution in [3.05, 3.63) is 70.5 Å². The number of hydrogen-bond acceptors (Lipinski definition) is 4. The third kappa shape index (κ3) is 3.36. The van der Waals surface area contributed by atoms with E-state index in [0.29, 0.717) is 0 Å². The Kier molecular flexibility index (Phi) is 5.33. The summed E-state index contributed by atoms with van der Waals surface area (Å²) in [6, 6.07) is 10.5. The summed E-state index contributed by atoms with van der Waals surface area (Å²) < 4.78 is 19.2. The highest BCUT2D eigenvalue weighted by Crippen LogP contribution is 2.44. The zero-order valence-electron chi connectivity index (χ0n) is 17.0. The molecule has 2 fully saturated rings. The Labute approximate surface area is 174 Å². The minimum absolute atomic E-state index is 0.0265. The summed E-state index contributed by atoms with van der Waals surface area (Å²) in [5, 5.41) is 11.1. The summed E-state index contributed by atoms with van der Waals surface area (Å²) in [5.41, 5.74) is 1.76. The minimum Gasteiger partial charge on any atom is -0.507 e. The normalized spacial score (nSPS) is 21.4. The maximum Gasteiger partial charge on any atom is 0.295 e. The number of aliphatic hydroxyl groups excluding tert-OH is 1. The summed E-state index contributed by atoms with van der Waals surface area (Å²) >= 11 is 0. The average molecular weight is 409 g/mol. The molecule has 1 amide bonds. The smallest absolute Gasteiger partial charge is 0.295 e. The third-order valence-corrected chi connectivity index (χ3v) is 5.97. The number of likely N-dealkylation sites (tertiary alicyclic amines) is 1. The fourth-order valence-corrected chi connectivity index (χ4v) is 4.59. The molecule has 1 N–H and O–H groups in total. The van der Waals surface area contributed by atoms with Gasteiger partial charge in [0.2, 0.25) is 0 Å². The highest BCUT2D eigenvalue weighted by molar-refractivity contribution is 6.46. The van der Waals surface area contributed by atoms with E-state index in [1.807, 2.05) is 31.2 Å². The molecule has 2 aromatic rings. The van der Waals surface area contributed by atoms with Crippen LogP contribution in [0.1, 0.15) is 48.4 Å². The van der Waals surface area contributed by atoms with Crippen LogP contribution < -0.4 is 4.74 Å². The van der Waals surface area contributed by atoms with Gasteiger partial charge < -0.3 is 14.7 Å². The maximum atomic E-state index is 13.9. The SMILES string of the molecule is COc1ccc(F)cc1/C(O)=C1\C(=O)C(=O)N(C2CCCC2)C1c1cccc(C)c1.